The van der Waals surface area contributed by atoms with Crippen LogP contribution >= 0.6 is 0 Å². The Morgan fingerprint density at radius 1 is 1.45 bits per heavy atom. The van der Waals surface area contributed by atoms with Crippen molar-refractivity contribution in [3.05, 3.63) is 0 Å². The number of hydrogen-bond donors (Lipinski definition) is 1. The molecule has 11 heavy (non-hydrogen) atoms. The molecule has 4 nitrogen and oxygen atoms in total. The van der Waals surface area contributed by atoms with Crippen LogP contribution in [0.4, 0.5) is 0 Å². The van der Waals surface area contributed by atoms with Crippen molar-refractivity contribution in [3.8, 4) is 0 Å². The highest BCUT2D eigenvalue weighted by Crippen LogP contribution is 2.03. The highest BCUT2D eigenvalue weighted by molar-refractivity contribution is 7.89. The third-order valence-electron chi connectivity index (χ3n) is 1.44. The van der Waals surface area contributed by atoms with Crippen LogP contribution in [0.15, 0.2) is 0 Å². The first-order valence-corrected chi connectivity index (χ1v) is 5.16. The molecule has 68 valence electrons. The van der Waals surface area contributed by atoms with Gasteiger partial charge in [0.1, 0.15) is 0 Å². The molecule has 0 aliphatic heterocycles. The van der Waals surface area contributed by atoms with Gasteiger partial charge in [0.15, 0.2) is 0 Å². The second kappa shape index (κ2) is 4.04. The number of sulfonamides is 1. The second-order valence-corrected chi connectivity index (χ2v) is 4.90. The number of hydrogen-bond acceptors (Lipinski definition) is 3. The smallest absolute Gasteiger partial charge is 0.229 e. The summed E-state index contributed by atoms with van der Waals surface area (Å²) in [6.07, 6.45) is 0. The molecule has 0 aliphatic carbocycles. The van der Waals surface area contributed by atoms with Gasteiger partial charge in [0.2, 0.25) is 10.0 Å². The van der Waals surface area contributed by atoms with E-state index in [0.717, 1.165) is 0 Å². The first-order chi connectivity index (χ1) is 4.96. The largest absolute Gasteiger partial charge is 0.245 e. The van der Waals surface area contributed by atoms with Gasteiger partial charge < -0.3 is 0 Å². The molecule has 0 bridgehead atoms. The maximum absolute atomic E-state index is 11.4. The predicted octanol–water partition coefficient (Wildman–Crippen LogP) is 0.181. The van der Waals surface area contributed by atoms with Gasteiger partial charge in [-0.15, -0.1) is 4.41 Å². The van der Waals surface area contributed by atoms with Gasteiger partial charge in [-0.05, 0) is 27.8 Å². The van der Waals surface area contributed by atoms with Gasteiger partial charge in [-0.2, -0.15) is 0 Å². The lowest BCUT2D eigenvalue weighted by Gasteiger charge is -2.20. The highest BCUT2D eigenvalue weighted by atomic mass is 32.2. The molecule has 0 fully saturated rings. The minimum Gasteiger partial charge on any atom is -0.245 e. The van der Waals surface area contributed by atoms with Crippen LogP contribution in [0.1, 0.15) is 20.8 Å². The first-order valence-electron chi connectivity index (χ1n) is 3.65. The standard InChI is InChI=1S/C6H16N2O2S/c1-5-8(7-4)11(9,10)6(2)3/h6-7H,5H2,1-4H3. The third kappa shape index (κ3) is 2.43. The zero-order valence-corrected chi connectivity index (χ0v) is 8.27. The Bertz CT molecular complexity index is 195. The van der Waals surface area contributed by atoms with E-state index >= 15 is 0 Å². The quantitative estimate of drug-likeness (QED) is 0.628. The molecule has 0 heterocycles. The monoisotopic (exact) mass is 180 g/mol. The van der Waals surface area contributed by atoms with Crippen LogP contribution in [-0.4, -0.2) is 31.7 Å². The van der Waals surface area contributed by atoms with Crippen LogP contribution in [0.25, 0.3) is 0 Å². The summed E-state index contributed by atoms with van der Waals surface area (Å²) in [7, 11) is -1.52. The molecule has 0 rings (SSSR count). The van der Waals surface area contributed by atoms with E-state index in [1.54, 1.807) is 27.8 Å². The van der Waals surface area contributed by atoms with Crippen molar-refractivity contribution in [2.75, 3.05) is 13.6 Å². The Balaban J connectivity index is 4.53. The highest BCUT2D eigenvalue weighted by Gasteiger charge is 2.22. The van der Waals surface area contributed by atoms with Crippen molar-refractivity contribution >= 4 is 10.0 Å². The van der Waals surface area contributed by atoms with Crippen LogP contribution in [0.5, 0.6) is 0 Å². The Hall–Kier alpha value is -0.130. The zero-order chi connectivity index (χ0) is 9.07. The van der Waals surface area contributed by atoms with Crippen LogP contribution in [0.2, 0.25) is 0 Å². The molecule has 1 N–H and O–H groups in total. The number of nitrogens with zero attached hydrogens (tertiary/aromatic N) is 1. The molecule has 5 heteroatoms. The van der Waals surface area contributed by atoms with Crippen LogP contribution < -0.4 is 5.43 Å². The summed E-state index contributed by atoms with van der Waals surface area (Å²) < 4.78 is 23.9. The molecule has 0 saturated carbocycles. The molecule has 0 spiro atoms. The SMILES string of the molecule is CCN(NC)S(=O)(=O)C(C)C. The molecule has 0 aromatic rings. The fourth-order valence-electron chi connectivity index (χ4n) is 0.720. The summed E-state index contributed by atoms with van der Waals surface area (Å²) in [5, 5.41) is -0.366. The molecule has 0 aromatic heterocycles. The van der Waals surface area contributed by atoms with Crippen LogP contribution in [0, 0.1) is 0 Å². The van der Waals surface area contributed by atoms with E-state index in [-0.39, 0.29) is 5.25 Å². The molecule has 0 aliphatic rings. The number of nitrogens with one attached hydrogen (secondary N) is 1. The van der Waals surface area contributed by atoms with Gasteiger partial charge in [0.05, 0.1) is 5.25 Å². The molecular formula is C6H16N2O2S. The fraction of sp³-hybridized carbons (Fsp3) is 1.00. The zero-order valence-electron chi connectivity index (χ0n) is 7.46. The van der Waals surface area contributed by atoms with Gasteiger partial charge in [-0.1, -0.05) is 0 Å². The minimum atomic E-state index is -3.12. The summed E-state index contributed by atoms with van der Waals surface area (Å²) in [6, 6.07) is 0. The van der Waals surface area contributed by atoms with Crippen molar-refractivity contribution in [3.63, 3.8) is 0 Å². The van der Waals surface area contributed by atoms with E-state index in [1.165, 1.54) is 4.41 Å². The molecular weight excluding hydrogens is 164 g/mol. The van der Waals surface area contributed by atoms with E-state index in [1.807, 2.05) is 0 Å². The lowest BCUT2D eigenvalue weighted by molar-refractivity contribution is 0.356. The molecule has 0 amide bonds. The molecule has 0 atom stereocenters. The van der Waals surface area contributed by atoms with E-state index in [9.17, 15) is 8.42 Å². The third-order valence-corrected chi connectivity index (χ3v) is 3.69. The van der Waals surface area contributed by atoms with E-state index in [2.05, 4.69) is 5.43 Å². The Morgan fingerprint density at radius 2 is 1.91 bits per heavy atom. The van der Waals surface area contributed by atoms with Crippen molar-refractivity contribution in [2.45, 2.75) is 26.0 Å². The van der Waals surface area contributed by atoms with Crippen molar-refractivity contribution in [2.24, 2.45) is 0 Å². The Kier molecular flexibility index (Phi) is 3.99. The topological polar surface area (TPSA) is 49.4 Å². The summed E-state index contributed by atoms with van der Waals surface area (Å²) in [4.78, 5) is 0. The van der Waals surface area contributed by atoms with Gasteiger partial charge in [-0.25, -0.2) is 13.8 Å². The summed E-state index contributed by atoms with van der Waals surface area (Å²) in [6.45, 7) is 5.57. The van der Waals surface area contributed by atoms with Gasteiger partial charge >= 0.3 is 0 Å². The van der Waals surface area contributed by atoms with E-state index in [4.69, 9.17) is 0 Å². The second-order valence-electron chi connectivity index (χ2n) is 2.48. The van der Waals surface area contributed by atoms with Gasteiger partial charge in [0, 0.05) is 6.54 Å². The van der Waals surface area contributed by atoms with Crippen LogP contribution in [-0.2, 0) is 10.0 Å². The van der Waals surface area contributed by atoms with Crippen molar-refractivity contribution in [1.82, 2.24) is 9.84 Å². The lowest BCUT2D eigenvalue weighted by Crippen LogP contribution is -2.43. The van der Waals surface area contributed by atoms with E-state index < -0.39 is 10.0 Å². The summed E-state index contributed by atoms with van der Waals surface area (Å²) >= 11 is 0. The average Bonchev–Trinajstić information content (AvgIpc) is 1.89. The number of hydrazine groups is 1. The Labute approximate surface area is 68.6 Å². The maximum Gasteiger partial charge on any atom is 0.229 e. The fourth-order valence-corrected chi connectivity index (χ4v) is 1.84. The lowest BCUT2D eigenvalue weighted by atomic mass is 10.6. The number of rotatable bonds is 4. The van der Waals surface area contributed by atoms with Crippen LogP contribution in [0.3, 0.4) is 0 Å². The minimum absolute atomic E-state index is 0.366. The predicted molar refractivity (Wildman–Crippen MR) is 45.5 cm³/mol. The average molecular weight is 180 g/mol. The molecule has 0 radical (unpaired) electrons. The molecule has 0 unspecified atom stereocenters. The Morgan fingerprint density at radius 3 is 2.00 bits per heavy atom. The van der Waals surface area contributed by atoms with Gasteiger partial charge in [-0.3, -0.25) is 0 Å². The summed E-state index contributed by atoms with van der Waals surface area (Å²) in [5.74, 6) is 0. The summed E-state index contributed by atoms with van der Waals surface area (Å²) in [5.41, 5.74) is 2.62. The van der Waals surface area contributed by atoms with Crippen molar-refractivity contribution < 1.29 is 8.42 Å². The molecule has 0 saturated heterocycles. The normalized spacial score (nSPS) is 12.9. The molecule has 0 aromatic carbocycles. The first kappa shape index (κ1) is 10.9. The maximum atomic E-state index is 11.4. The van der Waals surface area contributed by atoms with Gasteiger partial charge in [0.25, 0.3) is 0 Å². The van der Waals surface area contributed by atoms with Crippen molar-refractivity contribution in [1.29, 1.82) is 0 Å². The van der Waals surface area contributed by atoms with E-state index in [0.29, 0.717) is 6.54 Å².